The van der Waals surface area contributed by atoms with Gasteiger partial charge in [-0.25, -0.2) is 4.39 Å². The van der Waals surface area contributed by atoms with E-state index in [-0.39, 0.29) is 11.9 Å². The summed E-state index contributed by atoms with van der Waals surface area (Å²) in [6.07, 6.45) is 3.70. The van der Waals surface area contributed by atoms with Gasteiger partial charge >= 0.3 is 0 Å². The summed E-state index contributed by atoms with van der Waals surface area (Å²) in [6.45, 7) is 2.12. The van der Waals surface area contributed by atoms with Gasteiger partial charge in [0.1, 0.15) is 5.82 Å². The predicted molar refractivity (Wildman–Crippen MR) is 62.6 cm³/mol. The van der Waals surface area contributed by atoms with Gasteiger partial charge < -0.3 is 5.73 Å². The molecule has 1 aromatic rings. The first-order chi connectivity index (χ1) is 7.13. The van der Waals surface area contributed by atoms with Crippen molar-refractivity contribution in [2.75, 3.05) is 0 Å². The van der Waals surface area contributed by atoms with Crippen LogP contribution < -0.4 is 5.73 Å². The number of nitrogens with two attached hydrogens (primary N) is 1. The van der Waals surface area contributed by atoms with Gasteiger partial charge in [0.15, 0.2) is 0 Å². The Morgan fingerprint density at radius 1 is 1.47 bits per heavy atom. The maximum atomic E-state index is 13.3. The van der Waals surface area contributed by atoms with Gasteiger partial charge in [-0.05, 0) is 36.6 Å². The van der Waals surface area contributed by atoms with Crippen molar-refractivity contribution in [3.05, 3.63) is 34.6 Å². The van der Waals surface area contributed by atoms with Crippen molar-refractivity contribution in [3.63, 3.8) is 0 Å². The second-order valence-electron chi connectivity index (χ2n) is 3.84. The SMILES string of the molecule is CCCCC(N)Cc1cc(Cl)ccc1F. The minimum Gasteiger partial charge on any atom is -0.327 e. The first-order valence-corrected chi connectivity index (χ1v) is 5.70. The van der Waals surface area contributed by atoms with E-state index in [0.29, 0.717) is 17.0 Å². The molecule has 84 valence electrons. The molecule has 0 fully saturated rings. The quantitative estimate of drug-likeness (QED) is 0.821. The summed E-state index contributed by atoms with van der Waals surface area (Å²) in [5.41, 5.74) is 6.52. The molecule has 1 atom stereocenters. The molecule has 0 aromatic heterocycles. The first-order valence-electron chi connectivity index (χ1n) is 5.33. The molecular weight excluding hydrogens is 213 g/mol. The van der Waals surface area contributed by atoms with Gasteiger partial charge in [0.05, 0.1) is 0 Å². The Hall–Kier alpha value is -0.600. The maximum Gasteiger partial charge on any atom is 0.126 e. The van der Waals surface area contributed by atoms with Gasteiger partial charge in [0.25, 0.3) is 0 Å². The predicted octanol–water partition coefficient (Wildman–Crippen LogP) is 3.54. The average molecular weight is 230 g/mol. The van der Waals surface area contributed by atoms with Crippen LogP contribution in [0.3, 0.4) is 0 Å². The molecule has 0 aliphatic rings. The van der Waals surface area contributed by atoms with E-state index in [1.807, 2.05) is 0 Å². The van der Waals surface area contributed by atoms with Crippen molar-refractivity contribution < 1.29 is 4.39 Å². The van der Waals surface area contributed by atoms with Crippen molar-refractivity contribution >= 4 is 11.6 Å². The molecule has 0 heterocycles. The summed E-state index contributed by atoms with van der Waals surface area (Å²) in [5.74, 6) is -0.216. The van der Waals surface area contributed by atoms with Gasteiger partial charge in [-0.2, -0.15) is 0 Å². The average Bonchev–Trinajstić information content (AvgIpc) is 2.20. The Morgan fingerprint density at radius 2 is 2.20 bits per heavy atom. The van der Waals surface area contributed by atoms with Gasteiger partial charge in [-0.3, -0.25) is 0 Å². The Balaban J connectivity index is 2.59. The first kappa shape index (κ1) is 12.5. The van der Waals surface area contributed by atoms with Crippen LogP contribution in [0.2, 0.25) is 5.02 Å². The zero-order valence-electron chi connectivity index (χ0n) is 8.97. The summed E-state index contributed by atoms with van der Waals surface area (Å²) < 4.78 is 13.3. The molecule has 0 aliphatic carbocycles. The minimum atomic E-state index is -0.216. The highest BCUT2D eigenvalue weighted by atomic mass is 35.5. The Bertz CT molecular complexity index is 314. The molecule has 15 heavy (non-hydrogen) atoms. The van der Waals surface area contributed by atoms with Gasteiger partial charge in [0.2, 0.25) is 0 Å². The highest BCUT2D eigenvalue weighted by Gasteiger charge is 2.08. The third kappa shape index (κ3) is 4.18. The molecule has 1 rings (SSSR count). The number of rotatable bonds is 5. The Morgan fingerprint density at radius 3 is 2.87 bits per heavy atom. The summed E-state index contributed by atoms with van der Waals surface area (Å²) >= 11 is 5.80. The third-order valence-electron chi connectivity index (χ3n) is 2.42. The highest BCUT2D eigenvalue weighted by Crippen LogP contribution is 2.17. The topological polar surface area (TPSA) is 26.0 Å². The second-order valence-corrected chi connectivity index (χ2v) is 4.28. The monoisotopic (exact) mass is 229 g/mol. The van der Waals surface area contributed by atoms with Crippen molar-refractivity contribution in [1.82, 2.24) is 0 Å². The summed E-state index contributed by atoms with van der Waals surface area (Å²) in [6, 6.07) is 4.63. The fraction of sp³-hybridized carbons (Fsp3) is 0.500. The molecule has 1 unspecified atom stereocenters. The summed E-state index contributed by atoms with van der Waals surface area (Å²) in [5, 5.41) is 0.564. The molecule has 1 aromatic carbocycles. The van der Waals surface area contributed by atoms with Gasteiger partial charge in [0, 0.05) is 11.1 Å². The third-order valence-corrected chi connectivity index (χ3v) is 2.65. The zero-order valence-corrected chi connectivity index (χ0v) is 9.73. The van der Waals surface area contributed by atoms with Crippen LogP contribution in [-0.4, -0.2) is 6.04 Å². The van der Waals surface area contributed by atoms with E-state index in [1.165, 1.54) is 6.07 Å². The zero-order chi connectivity index (χ0) is 11.3. The van der Waals surface area contributed by atoms with Crippen LogP contribution in [0.15, 0.2) is 18.2 Å². The van der Waals surface area contributed by atoms with Crippen molar-refractivity contribution in [2.45, 2.75) is 38.6 Å². The number of halogens is 2. The normalized spacial score (nSPS) is 12.8. The Labute approximate surface area is 95.4 Å². The van der Waals surface area contributed by atoms with Crippen LogP contribution in [0.1, 0.15) is 31.7 Å². The molecule has 0 amide bonds. The number of hydrogen-bond donors (Lipinski definition) is 1. The molecule has 0 bridgehead atoms. The van der Waals surface area contributed by atoms with E-state index in [1.54, 1.807) is 12.1 Å². The minimum absolute atomic E-state index is 0.0258. The van der Waals surface area contributed by atoms with E-state index >= 15 is 0 Å². The molecule has 0 radical (unpaired) electrons. The van der Waals surface area contributed by atoms with Crippen LogP contribution >= 0.6 is 11.6 Å². The molecule has 0 aliphatic heterocycles. The molecule has 0 spiro atoms. The van der Waals surface area contributed by atoms with Gasteiger partial charge in [-0.1, -0.05) is 31.4 Å². The van der Waals surface area contributed by atoms with Crippen LogP contribution in [0.25, 0.3) is 0 Å². The standard InChI is InChI=1S/C12H17ClFN/c1-2-3-4-11(15)8-9-7-10(13)5-6-12(9)14/h5-7,11H,2-4,8,15H2,1H3. The van der Waals surface area contributed by atoms with E-state index in [2.05, 4.69) is 6.92 Å². The lowest BCUT2D eigenvalue weighted by Gasteiger charge is -2.11. The van der Waals surface area contributed by atoms with E-state index < -0.39 is 0 Å². The smallest absolute Gasteiger partial charge is 0.126 e. The summed E-state index contributed by atoms with van der Waals surface area (Å²) in [4.78, 5) is 0. The van der Waals surface area contributed by atoms with Gasteiger partial charge in [-0.15, -0.1) is 0 Å². The lowest BCUT2D eigenvalue weighted by Crippen LogP contribution is -2.23. The maximum absolute atomic E-state index is 13.3. The highest BCUT2D eigenvalue weighted by molar-refractivity contribution is 6.30. The van der Waals surface area contributed by atoms with Crippen LogP contribution in [0.5, 0.6) is 0 Å². The van der Waals surface area contributed by atoms with Crippen molar-refractivity contribution in [3.8, 4) is 0 Å². The number of hydrogen-bond acceptors (Lipinski definition) is 1. The van der Waals surface area contributed by atoms with Crippen LogP contribution in [0.4, 0.5) is 4.39 Å². The van der Waals surface area contributed by atoms with Crippen molar-refractivity contribution in [2.24, 2.45) is 5.73 Å². The number of unbranched alkanes of at least 4 members (excludes halogenated alkanes) is 1. The largest absolute Gasteiger partial charge is 0.327 e. The molecule has 3 heteroatoms. The lowest BCUT2D eigenvalue weighted by atomic mass is 10.0. The number of benzene rings is 1. The van der Waals surface area contributed by atoms with E-state index in [9.17, 15) is 4.39 Å². The molecular formula is C12H17ClFN. The fourth-order valence-electron chi connectivity index (χ4n) is 1.55. The lowest BCUT2D eigenvalue weighted by molar-refractivity contribution is 0.548. The van der Waals surface area contributed by atoms with Crippen LogP contribution in [0, 0.1) is 5.82 Å². The van der Waals surface area contributed by atoms with Crippen LogP contribution in [-0.2, 0) is 6.42 Å². The molecule has 0 saturated carbocycles. The molecule has 1 nitrogen and oxygen atoms in total. The molecule has 2 N–H and O–H groups in total. The Kier molecular flexibility index (Phi) is 5.06. The van der Waals surface area contributed by atoms with E-state index in [4.69, 9.17) is 17.3 Å². The summed E-state index contributed by atoms with van der Waals surface area (Å²) in [7, 11) is 0. The van der Waals surface area contributed by atoms with Crippen molar-refractivity contribution in [1.29, 1.82) is 0 Å². The van der Waals surface area contributed by atoms with E-state index in [0.717, 1.165) is 19.3 Å². The fourth-order valence-corrected chi connectivity index (χ4v) is 1.75. The molecule has 0 saturated heterocycles. The second kappa shape index (κ2) is 6.09.